The molecule has 0 aliphatic carbocycles. The van der Waals surface area contributed by atoms with Crippen LogP contribution in [-0.4, -0.2) is 30.9 Å². The van der Waals surface area contributed by atoms with Gasteiger partial charge in [-0.05, 0) is 17.7 Å². The van der Waals surface area contributed by atoms with Gasteiger partial charge in [-0.1, -0.05) is 12.1 Å². The predicted octanol–water partition coefficient (Wildman–Crippen LogP) is 0.928. The van der Waals surface area contributed by atoms with Gasteiger partial charge in [0.2, 0.25) is 5.91 Å². The fourth-order valence-electron chi connectivity index (χ4n) is 1.71. The highest BCUT2D eigenvalue weighted by Gasteiger charge is 2.26. The molecule has 1 aliphatic rings. The highest BCUT2D eigenvalue weighted by molar-refractivity contribution is 5.83. The van der Waals surface area contributed by atoms with Gasteiger partial charge in [0.05, 0.1) is 0 Å². The second-order valence-corrected chi connectivity index (χ2v) is 3.70. The summed E-state index contributed by atoms with van der Waals surface area (Å²) in [6.45, 7) is 1.49. The third kappa shape index (κ3) is 1.99. The van der Waals surface area contributed by atoms with E-state index in [1.807, 2.05) is 0 Å². The summed E-state index contributed by atoms with van der Waals surface area (Å²) in [5, 5.41) is 3.12. The third-order valence-corrected chi connectivity index (χ3v) is 2.62. The largest absolute Gasteiger partial charge is 0.343 e. The lowest BCUT2D eigenvalue weighted by molar-refractivity contribution is -0.134. The molecule has 1 unspecified atom stereocenters. The second-order valence-electron chi connectivity index (χ2n) is 3.70. The fourth-order valence-corrected chi connectivity index (χ4v) is 1.71. The molecule has 1 fully saturated rings. The van der Waals surface area contributed by atoms with Gasteiger partial charge in [-0.25, -0.2) is 4.39 Å². The Balaban J connectivity index is 2.22. The van der Waals surface area contributed by atoms with Crippen LogP contribution in [0.2, 0.25) is 0 Å². The smallest absolute Gasteiger partial charge is 0.244 e. The Labute approximate surface area is 87.9 Å². The van der Waals surface area contributed by atoms with E-state index in [2.05, 4.69) is 5.32 Å². The number of piperazine rings is 1. The zero-order chi connectivity index (χ0) is 10.8. The van der Waals surface area contributed by atoms with Gasteiger partial charge in [-0.2, -0.15) is 0 Å². The number of benzene rings is 1. The molecule has 1 aromatic carbocycles. The van der Waals surface area contributed by atoms with Crippen LogP contribution in [0, 0.1) is 5.82 Å². The van der Waals surface area contributed by atoms with Gasteiger partial charge >= 0.3 is 0 Å². The summed E-state index contributed by atoms with van der Waals surface area (Å²) in [6.07, 6.45) is 0. The molecular weight excluding hydrogens is 195 g/mol. The number of halogens is 1. The van der Waals surface area contributed by atoms with E-state index in [1.165, 1.54) is 12.1 Å². The molecule has 80 valence electrons. The summed E-state index contributed by atoms with van der Waals surface area (Å²) in [7, 11) is 1.78. The molecule has 15 heavy (non-hydrogen) atoms. The van der Waals surface area contributed by atoms with Gasteiger partial charge < -0.3 is 10.2 Å². The van der Waals surface area contributed by atoms with E-state index in [4.69, 9.17) is 0 Å². The summed E-state index contributed by atoms with van der Waals surface area (Å²) in [6, 6.07) is 5.70. The Morgan fingerprint density at radius 3 is 2.73 bits per heavy atom. The van der Waals surface area contributed by atoms with Crippen molar-refractivity contribution in [2.24, 2.45) is 0 Å². The van der Waals surface area contributed by atoms with Crippen molar-refractivity contribution in [3.8, 4) is 0 Å². The fraction of sp³-hybridized carbons (Fsp3) is 0.364. The zero-order valence-corrected chi connectivity index (χ0v) is 8.53. The highest BCUT2D eigenvalue weighted by atomic mass is 19.1. The maximum absolute atomic E-state index is 12.7. The molecule has 3 nitrogen and oxygen atoms in total. The van der Waals surface area contributed by atoms with Gasteiger partial charge in [-0.15, -0.1) is 0 Å². The SMILES string of the molecule is CN1CCNC(c2ccc(F)cc2)C1=O. The topological polar surface area (TPSA) is 32.3 Å². The summed E-state index contributed by atoms with van der Waals surface area (Å²) in [5.74, 6) is -0.247. The molecule has 1 amide bonds. The molecule has 0 spiro atoms. The van der Waals surface area contributed by atoms with Crippen LogP contribution in [0.4, 0.5) is 4.39 Å². The molecule has 1 aliphatic heterocycles. The van der Waals surface area contributed by atoms with Crippen LogP contribution >= 0.6 is 0 Å². The third-order valence-electron chi connectivity index (χ3n) is 2.62. The molecule has 0 radical (unpaired) electrons. The van der Waals surface area contributed by atoms with Crippen LogP contribution in [0.15, 0.2) is 24.3 Å². The van der Waals surface area contributed by atoms with Crippen molar-refractivity contribution in [1.29, 1.82) is 0 Å². The number of hydrogen-bond acceptors (Lipinski definition) is 2. The summed E-state index contributed by atoms with van der Waals surface area (Å²) >= 11 is 0. The van der Waals surface area contributed by atoms with E-state index in [0.717, 1.165) is 18.7 Å². The minimum Gasteiger partial charge on any atom is -0.343 e. The minimum absolute atomic E-state index is 0.0351. The molecule has 1 aromatic rings. The molecule has 0 saturated carbocycles. The normalized spacial score (nSPS) is 21.9. The zero-order valence-electron chi connectivity index (χ0n) is 8.53. The van der Waals surface area contributed by atoms with Crippen molar-refractivity contribution in [3.63, 3.8) is 0 Å². The second kappa shape index (κ2) is 3.98. The van der Waals surface area contributed by atoms with Crippen LogP contribution in [0.1, 0.15) is 11.6 Å². The first-order valence-electron chi connectivity index (χ1n) is 4.92. The molecule has 1 atom stereocenters. The average molecular weight is 208 g/mol. The van der Waals surface area contributed by atoms with Gasteiger partial charge in [0, 0.05) is 20.1 Å². The van der Waals surface area contributed by atoms with Crippen molar-refractivity contribution in [3.05, 3.63) is 35.6 Å². The molecule has 1 saturated heterocycles. The molecule has 1 heterocycles. The number of hydrogen-bond donors (Lipinski definition) is 1. The van der Waals surface area contributed by atoms with Crippen LogP contribution in [0.5, 0.6) is 0 Å². The number of nitrogens with zero attached hydrogens (tertiary/aromatic N) is 1. The first-order valence-corrected chi connectivity index (χ1v) is 4.92. The molecule has 0 aromatic heterocycles. The maximum Gasteiger partial charge on any atom is 0.244 e. The van der Waals surface area contributed by atoms with E-state index in [0.29, 0.717) is 0 Å². The quantitative estimate of drug-likeness (QED) is 0.744. The monoisotopic (exact) mass is 208 g/mol. The van der Waals surface area contributed by atoms with Crippen molar-refractivity contribution < 1.29 is 9.18 Å². The van der Waals surface area contributed by atoms with Gasteiger partial charge in [0.25, 0.3) is 0 Å². The van der Waals surface area contributed by atoms with Gasteiger partial charge in [0.1, 0.15) is 11.9 Å². The average Bonchev–Trinajstić information content (AvgIpc) is 2.24. The van der Waals surface area contributed by atoms with Gasteiger partial charge in [0.15, 0.2) is 0 Å². The van der Waals surface area contributed by atoms with Crippen molar-refractivity contribution in [1.82, 2.24) is 10.2 Å². The van der Waals surface area contributed by atoms with Crippen molar-refractivity contribution in [2.75, 3.05) is 20.1 Å². The van der Waals surface area contributed by atoms with Crippen molar-refractivity contribution in [2.45, 2.75) is 6.04 Å². The van der Waals surface area contributed by atoms with E-state index in [-0.39, 0.29) is 17.8 Å². The number of carbonyl (C=O) groups is 1. The Morgan fingerprint density at radius 1 is 1.40 bits per heavy atom. The lowest BCUT2D eigenvalue weighted by atomic mass is 10.0. The molecule has 1 N–H and O–H groups in total. The van der Waals surface area contributed by atoms with Crippen LogP contribution < -0.4 is 5.32 Å². The van der Waals surface area contributed by atoms with Crippen molar-refractivity contribution >= 4 is 5.91 Å². The lowest BCUT2D eigenvalue weighted by Gasteiger charge is -2.30. The van der Waals surface area contributed by atoms with E-state index >= 15 is 0 Å². The molecule has 4 heteroatoms. The minimum atomic E-state index is -0.329. The number of likely N-dealkylation sites (N-methyl/N-ethyl adjacent to an activating group) is 1. The number of nitrogens with one attached hydrogen (secondary N) is 1. The Bertz CT molecular complexity index is 363. The van der Waals surface area contributed by atoms with Crippen LogP contribution in [0.25, 0.3) is 0 Å². The van der Waals surface area contributed by atoms with Crippen LogP contribution in [0.3, 0.4) is 0 Å². The Morgan fingerprint density at radius 2 is 2.07 bits per heavy atom. The number of rotatable bonds is 1. The predicted molar refractivity (Wildman–Crippen MR) is 54.8 cm³/mol. The number of amides is 1. The lowest BCUT2D eigenvalue weighted by Crippen LogP contribution is -2.48. The summed E-state index contributed by atoms with van der Waals surface area (Å²) in [4.78, 5) is 13.5. The standard InChI is InChI=1S/C11H13FN2O/c1-14-7-6-13-10(11(14)15)8-2-4-9(12)5-3-8/h2-5,10,13H,6-7H2,1H3. The molecule has 2 rings (SSSR count). The molecular formula is C11H13FN2O. The first kappa shape index (κ1) is 10.1. The highest BCUT2D eigenvalue weighted by Crippen LogP contribution is 2.18. The molecule has 0 bridgehead atoms. The Hall–Kier alpha value is -1.42. The Kier molecular flexibility index (Phi) is 2.68. The van der Waals surface area contributed by atoms with E-state index in [9.17, 15) is 9.18 Å². The maximum atomic E-state index is 12.7. The summed E-state index contributed by atoms with van der Waals surface area (Å²) < 4.78 is 12.7. The van der Waals surface area contributed by atoms with E-state index in [1.54, 1.807) is 24.1 Å². The summed E-state index contributed by atoms with van der Waals surface area (Å²) in [5.41, 5.74) is 0.813. The van der Waals surface area contributed by atoms with E-state index < -0.39 is 0 Å². The van der Waals surface area contributed by atoms with Gasteiger partial charge in [-0.3, -0.25) is 4.79 Å². The number of carbonyl (C=O) groups excluding carboxylic acids is 1. The van der Waals surface area contributed by atoms with Crippen LogP contribution in [-0.2, 0) is 4.79 Å². The first-order chi connectivity index (χ1) is 7.18.